The highest BCUT2D eigenvalue weighted by Gasteiger charge is 2.29. The van der Waals surface area contributed by atoms with E-state index in [-0.39, 0.29) is 22.3 Å². The second kappa shape index (κ2) is 5.51. The number of carboxylic acid groups (broad SMARTS) is 1. The third-order valence-corrected chi connectivity index (χ3v) is 5.73. The fraction of sp³-hybridized carbons (Fsp3) is 0.538. The normalized spacial score (nSPS) is 15.7. The number of rotatable bonds is 5. The molecule has 1 aliphatic carbocycles. The van der Waals surface area contributed by atoms with Crippen molar-refractivity contribution in [2.75, 3.05) is 11.5 Å². The molecule has 0 bridgehead atoms. The van der Waals surface area contributed by atoms with Crippen molar-refractivity contribution in [2.24, 2.45) is 5.92 Å². The van der Waals surface area contributed by atoms with Gasteiger partial charge in [0.15, 0.2) is 9.84 Å². The van der Waals surface area contributed by atoms with Crippen LogP contribution in [0, 0.1) is 12.8 Å². The van der Waals surface area contributed by atoms with Crippen LogP contribution in [-0.4, -0.2) is 29.8 Å². The Bertz CT molecular complexity index is 732. The highest BCUT2D eigenvalue weighted by molar-refractivity contribution is 7.91. The predicted molar refractivity (Wildman–Crippen MR) is 76.9 cm³/mol. The number of pyridine rings is 1. The highest BCUT2D eigenvalue weighted by Crippen LogP contribution is 2.30. The lowest BCUT2D eigenvalue weighted by atomic mass is 9.87. The molecule has 0 saturated heterocycles. The summed E-state index contributed by atoms with van der Waals surface area (Å²) in [5, 5.41) is 8.78. The van der Waals surface area contributed by atoms with E-state index in [4.69, 9.17) is 10.8 Å². The molecular weight excluding hydrogens is 296 g/mol. The summed E-state index contributed by atoms with van der Waals surface area (Å²) < 4.78 is 25.7. The van der Waals surface area contributed by atoms with Crippen LogP contribution in [-0.2, 0) is 21.2 Å². The van der Waals surface area contributed by atoms with Gasteiger partial charge in [0.25, 0.3) is 5.56 Å². The number of aromatic nitrogens is 1. The molecule has 1 heterocycles. The monoisotopic (exact) mass is 314 g/mol. The van der Waals surface area contributed by atoms with Crippen molar-refractivity contribution < 1.29 is 18.3 Å². The minimum Gasteiger partial charge on any atom is -0.480 e. The number of nitrogens with zero attached hydrogens (tertiary/aromatic N) is 1. The van der Waals surface area contributed by atoms with Crippen molar-refractivity contribution in [3.8, 4) is 0 Å². The molecule has 0 radical (unpaired) electrons. The van der Waals surface area contributed by atoms with Gasteiger partial charge in [0.1, 0.15) is 12.2 Å². The Morgan fingerprint density at radius 3 is 2.57 bits per heavy atom. The van der Waals surface area contributed by atoms with Crippen molar-refractivity contribution in [3.63, 3.8) is 0 Å². The Morgan fingerprint density at radius 1 is 1.48 bits per heavy atom. The van der Waals surface area contributed by atoms with Gasteiger partial charge in [0, 0.05) is 5.69 Å². The number of hydrogen-bond donors (Lipinski definition) is 2. The van der Waals surface area contributed by atoms with Gasteiger partial charge in [0.2, 0.25) is 0 Å². The third kappa shape index (κ3) is 3.10. The first-order chi connectivity index (χ1) is 9.72. The molecule has 0 aromatic carbocycles. The number of hydrogen-bond acceptors (Lipinski definition) is 5. The van der Waals surface area contributed by atoms with E-state index in [0.717, 1.165) is 23.8 Å². The van der Waals surface area contributed by atoms with Crippen molar-refractivity contribution in [3.05, 3.63) is 22.1 Å². The molecule has 0 atom stereocenters. The van der Waals surface area contributed by atoms with Crippen LogP contribution in [0.1, 0.15) is 25.0 Å². The van der Waals surface area contributed by atoms with Gasteiger partial charge >= 0.3 is 5.97 Å². The Morgan fingerprint density at radius 2 is 2.10 bits per heavy atom. The lowest BCUT2D eigenvalue weighted by Crippen LogP contribution is -2.31. The second-order valence-electron chi connectivity index (χ2n) is 5.43. The zero-order chi connectivity index (χ0) is 15.8. The number of nitrogen functional groups attached to an aromatic ring is 1. The molecule has 116 valence electrons. The number of aryl methyl sites for hydroxylation is 1. The molecule has 1 aromatic heterocycles. The second-order valence-corrected chi connectivity index (χ2v) is 7.43. The first-order valence-electron chi connectivity index (χ1n) is 6.67. The minimum absolute atomic E-state index is 0.0149. The van der Waals surface area contributed by atoms with Crippen LogP contribution in [0.2, 0.25) is 0 Å². The van der Waals surface area contributed by atoms with E-state index in [1.54, 1.807) is 0 Å². The van der Waals surface area contributed by atoms with Crippen LogP contribution >= 0.6 is 0 Å². The van der Waals surface area contributed by atoms with Gasteiger partial charge in [-0.15, -0.1) is 0 Å². The van der Waals surface area contributed by atoms with Crippen LogP contribution < -0.4 is 11.3 Å². The van der Waals surface area contributed by atoms with Crippen LogP contribution in [0.4, 0.5) is 5.69 Å². The number of aliphatic carboxylic acids is 1. The molecule has 7 nitrogen and oxygen atoms in total. The number of nitrogens with two attached hydrogens (primary N) is 1. The molecule has 0 aliphatic heterocycles. The minimum atomic E-state index is -3.63. The summed E-state index contributed by atoms with van der Waals surface area (Å²) in [5.74, 6) is -1.08. The van der Waals surface area contributed by atoms with Crippen molar-refractivity contribution in [1.82, 2.24) is 4.57 Å². The standard InChI is InChI=1S/C13H18N2O5S/c1-8-5-10(21(19,20)7-9-3-2-4-9)12(14)13(18)15(8)6-11(16)17/h5,9H,2-4,6-7,14H2,1H3,(H,16,17). The van der Waals surface area contributed by atoms with Crippen molar-refractivity contribution >= 4 is 21.5 Å². The highest BCUT2D eigenvalue weighted by atomic mass is 32.2. The number of carboxylic acids is 1. The molecule has 21 heavy (non-hydrogen) atoms. The maximum absolute atomic E-state index is 12.3. The van der Waals surface area contributed by atoms with Crippen molar-refractivity contribution in [2.45, 2.75) is 37.6 Å². The third-order valence-electron chi connectivity index (χ3n) is 3.82. The zero-order valence-corrected chi connectivity index (χ0v) is 12.5. The lowest BCUT2D eigenvalue weighted by Gasteiger charge is -2.25. The zero-order valence-electron chi connectivity index (χ0n) is 11.7. The molecule has 0 unspecified atom stereocenters. The summed E-state index contributed by atoms with van der Waals surface area (Å²) in [6.07, 6.45) is 2.76. The largest absolute Gasteiger partial charge is 0.480 e. The average molecular weight is 314 g/mol. The van der Waals surface area contributed by atoms with E-state index >= 15 is 0 Å². The van der Waals surface area contributed by atoms with E-state index in [1.165, 1.54) is 13.0 Å². The van der Waals surface area contributed by atoms with Crippen molar-refractivity contribution in [1.29, 1.82) is 0 Å². The summed E-state index contributed by atoms with van der Waals surface area (Å²) in [6.45, 7) is 0.948. The van der Waals surface area contributed by atoms with E-state index in [0.29, 0.717) is 0 Å². The number of sulfone groups is 1. The maximum atomic E-state index is 12.3. The summed E-state index contributed by atoms with van der Waals surface area (Å²) in [4.78, 5) is 22.6. The van der Waals surface area contributed by atoms with Gasteiger partial charge in [-0.2, -0.15) is 0 Å². The molecule has 1 aromatic rings. The number of anilines is 1. The van der Waals surface area contributed by atoms with Crippen LogP contribution in [0.25, 0.3) is 0 Å². The predicted octanol–water partition coefficient (Wildman–Crippen LogP) is 0.397. The Balaban J connectivity index is 2.46. The van der Waals surface area contributed by atoms with E-state index in [9.17, 15) is 18.0 Å². The van der Waals surface area contributed by atoms with Crippen LogP contribution in [0.3, 0.4) is 0 Å². The van der Waals surface area contributed by atoms with Gasteiger partial charge in [0.05, 0.1) is 10.6 Å². The summed E-state index contributed by atoms with van der Waals surface area (Å²) >= 11 is 0. The molecule has 1 saturated carbocycles. The molecule has 1 aliphatic rings. The first kappa shape index (κ1) is 15.6. The number of carbonyl (C=O) groups is 1. The molecule has 0 amide bonds. The van der Waals surface area contributed by atoms with Gasteiger partial charge < -0.3 is 10.8 Å². The topological polar surface area (TPSA) is 119 Å². The molecule has 0 spiro atoms. The van der Waals surface area contributed by atoms with Crippen LogP contribution in [0.15, 0.2) is 15.8 Å². The molecule has 3 N–H and O–H groups in total. The van der Waals surface area contributed by atoms with Crippen LogP contribution in [0.5, 0.6) is 0 Å². The molecule has 1 fully saturated rings. The maximum Gasteiger partial charge on any atom is 0.323 e. The van der Waals surface area contributed by atoms with E-state index in [1.807, 2.05) is 0 Å². The summed E-state index contributed by atoms with van der Waals surface area (Å²) in [5.41, 5.74) is 4.74. The molecule has 8 heteroatoms. The Labute approximate surface area is 122 Å². The van der Waals surface area contributed by atoms with E-state index in [2.05, 4.69) is 0 Å². The van der Waals surface area contributed by atoms with Gasteiger partial charge in [-0.25, -0.2) is 8.42 Å². The summed E-state index contributed by atoms with van der Waals surface area (Å²) in [6, 6.07) is 1.29. The van der Waals surface area contributed by atoms with E-state index < -0.39 is 33.6 Å². The Kier molecular flexibility index (Phi) is 4.08. The SMILES string of the molecule is Cc1cc(S(=O)(=O)CC2CCC2)c(N)c(=O)n1CC(=O)O. The Hall–Kier alpha value is -1.83. The quantitative estimate of drug-likeness (QED) is 0.811. The van der Waals surface area contributed by atoms with Gasteiger partial charge in [-0.3, -0.25) is 14.2 Å². The molecule has 2 rings (SSSR count). The van der Waals surface area contributed by atoms with Gasteiger partial charge in [-0.1, -0.05) is 6.42 Å². The first-order valence-corrected chi connectivity index (χ1v) is 8.32. The average Bonchev–Trinajstić information content (AvgIpc) is 2.34. The smallest absolute Gasteiger partial charge is 0.323 e. The lowest BCUT2D eigenvalue weighted by molar-refractivity contribution is -0.137. The fourth-order valence-electron chi connectivity index (χ4n) is 2.40. The molecular formula is C13H18N2O5S. The van der Waals surface area contributed by atoms with Gasteiger partial charge in [-0.05, 0) is 31.7 Å². The summed E-state index contributed by atoms with van der Waals surface area (Å²) in [7, 11) is -3.63. The fourth-order valence-corrected chi connectivity index (χ4v) is 4.31.